The number of nitrogens with zero attached hydrogens (tertiary/aromatic N) is 1. The monoisotopic (exact) mass is 320 g/mol. The van der Waals surface area contributed by atoms with Gasteiger partial charge in [-0.15, -0.1) is 11.3 Å². The van der Waals surface area contributed by atoms with Crippen LogP contribution in [-0.4, -0.2) is 10.9 Å². The molecule has 112 valence electrons. The second-order valence-electron chi connectivity index (χ2n) is 4.49. The molecule has 0 saturated carbocycles. The number of hydrogen-bond acceptors (Lipinski definition) is 4. The van der Waals surface area contributed by atoms with E-state index in [1.54, 1.807) is 6.07 Å². The van der Waals surface area contributed by atoms with Crippen molar-refractivity contribution in [1.82, 2.24) is 4.98 Å². The Bertz CT molecular complexity index is 842. The minimum Gasteiger partial charge on any atom is -0.449 e. The van der Waals surface area contributed by atoms with E-state index in [0.29, 0.717) is 17.5 Å². The summed E-state index contributed by atoms with van der Waals surface area (Å²) in [6.07, 6.45) is 0. The molecule has 1 N–H and O–H groups in total. The number of furan rings is 1. The maximum absolute atomic E-state index is 13.5. The van der Waals surface area contributed by atoms with Crippen LogP contribution in [0.5, 0.6) is 0 Å². The summed E-state index contributed by atoms with van der Waals surface area (Å²) in [7, 11) is 0. The summed E-state index contributed by atoms with van der Waals surface area (Å²) in [5.41, 5.74) is 0.517. The van der Waals surface area contributed by atoms with Crippen LogP contribution >= 0.6 is 11.3 Å². The SMILES string of the molecule is Cc1nc(-c2ccc(C(=O)Nc3ccc(F)cc3F)o2)cs1. The maximum Gasteiger partial charge on any atom is 0.291 e. The van der Waals surface area contributed by atoms with Crippen molar-refractivity contribution in [3.63, 3.8) is 0 Å². The van der Waals surface area contributed by atoms with Gasteiger partial charge >= 0.3 is 0 Å². The summed E-state index contributed by atoms with van der Waals surface area (Å²) in [6, 6.07) is 5.99. The normalized spacial score (nSPS) is 10.7. The average Bonchev–Trinajstić information content (AvgIpc) is 3.10. The first kappa shape index (κ1) is 14.4. The van der Waals surface area contributed by atoms with Crippen LogP contribution in [0.25, 0.3) is 11.5 Å². The first-order valence-electron chi connectivity index (χ1n) is 6.31. The largest absolute Gasteiger partial charge is 0.449 e. The number of hydrogen-bond donors (Lipinski definition) is 1. The zero-order valence-corrected chi connectivity index (χ0v) is 12.2. The molecule has 0 aliphatic carbocycles. The van der Waals surface area contributed by atoms with E-state index >= 15 is 0 Å². The highest BCUT2D eigenvalue weighted by atomic mass is 32.1. The Morgan fingerprint density at radius 2 is 2.09 bits per heavy atom. The molecular weight excluding hydrogens is 310 g/mol. The Morgan fingerprint density at radius 3 is 2.77 bits per heavy atom. The summed E-state index contributed by atoms with van der Waals surface area (Å²) < 4.78 is 31.7. The first-order valence-corrected chi connectivity index (χ1v) is 7.19. The average molecular weight is 320 g/mol. The van der Waals surface area contributed by atoms with Gasteiger partial charge in [0, 0.05) is 11.4 Å². The molecule has 0 unspecified atom stereocenters. The fraction of sp³-hybridized carbons (Fsp3) is 0.0667. The number of amides is 1. The lowest BCUT2D eigenvalue weighted by atomic mass is 10.3. The first-order chi connectivity index (χ1) is 10.5. The molecule has 1 aromatic carbocycles. The third kappa shape index (κ3) is 2.89. The van der Waals surface area contributed by atoms with Crippen molar-refractivity contribution in [1.29, 1.82) is 0 Å². The molecule has 1 amide bonds. The number of anilines is 1. The fourth-order valence-electron chi connectivity index (χ4n) is 1.85. The second kappa shape index (κ2) is 5.69. The van der Waals surface area contributed by atoms with Crippen LogP contribution in [0.2, 0.25) is 0 Å². The van der Waals surface area contributed by atoms with E-state index < -0.39 is 17.5 Å². The molecule has 0 atom stereocenters. The van der Waals surface area contributed by atoms with Crippen molar-refractivity contribution in [3.05, 3.63) is 58.1 Å². The fourth-order valence-corrected chi connectivity index (χ4v) is 2.45. The number of carbonyl (C=O) groups excluding carboxylic acids is 1. The zero-order chi connectivity index (χ0) is 15.7. The highest BCUT2D eigenvalue weighted by Crippen LogP contribution is 2.24. The van der Waals surface area contributed by atoms with E-state index in [1.807, 2.05) is 12.3 Å². The van der Waals surface area contributed by atoms with Gasteiger partial charge in [-0.25, -0.2) is 13.8 Å². The molecule has 2 heterocycles. The minimum absolute atomic E-state index is 0.0179. The third-order valence-corrected chi connectivity index (χ3v) is 3.65. The standard InChI is InChI=1S/C15H10F2N2O2S/c1-8-18-12(7-22-8)13-4-5-14(21-13)15(20)19-11-3-2-9(16)6-10(11)17/h2-7H,1H3,(H,19,20). The summed E-state index contributed by atoms with van der Waals surface area (Å²) in [5.74, 6) is -1.72. The number of benzene rings is 1. The number of halogens is 2. The van der Waals surface area contributed by atoms with Gasteiger partial charge in [0.05, 0.1) is 10.7 Å². The molecule has 0 fully saturated rings. The van der Waals surface area contributed by atoms with Crippen molar-refractivity contribution in [2.24, 2.45) is 0 Å². The highest BCUT2D eigenvalue weighted by molar-refractivity contribution is 7.09. The van der Waals surface area contributed by atoms with Gasteiger partial charge in [0.1, 0.15) is 17.3 Å². The smallest absolute Gasteiger partial charge is 0.291 e. The Balaban J connectivity index is 1.79. The van der Waals surface area contributed by atoms with Crippen molar-refractivity contribution in [2.45, 2.75) is 6.92 Å². The molecule has 3 rings (SSSR count). The molecular formula is C15H10F2N2O2S. The van der Waals surface area contributed by atoms with Crippen molar-refractivity contribution in [3.8, 4) is 11.5 Å². The van der Waals surface area contributed by atoms with Crippen molar-refractivity contribution in [2.75, 3.05) is 5.32 Å². The van der Waals surface area contributed by atoms with Crippen molar-refractivity contribution < 1.29 is 18.0 Å². The van der Waals surface area contributed by atoms with Gasteiger partial charge in [-0.1, -0.05) is 0 Å². The minimum atomic E-state index is -0.852. The van der Waals surface area contributed by atoms with Gasteiger partial charge in [-0.3, -0.25) is 4.79 Å². The van der Waals surface area contributed by atoms with E-state index in [1.165, 1.54) is 17.4 Å². The molecule has 4 nitrogen and oxygen atoms in total. The van der Waals surface area contributed by atoms with Crippen LogP contribution in [0, 0.1) is 18.6 Å². The lowest BCUT2D eigenvalue weighted by Crippen LogP contribution is -2.12. The number of nitrogens with one attached hydrogen (secondary N) is 1. The van der Waals surface area contributed by atoms with E-state index in [4.69, 9.17) is 4.42 Å². The topological polar surface area (TPSA) is 55.1 Å². The molecule has 7 heteroatoms. The lowest BCUT2D eigenvalue weighted by Gasteiger charge is -2.04. The number of carbonyl (C=O) groups is 1. The quantitative estimate of drug-likeness (QED) is 0.785. The van der Waals surface area contributed by atoms with Crippen LogP contribution in [0.3, 0.4) is 0 Å². The lowest BCUT2D eigenvalue weighted by molar-refractivity contribution is 0.0997. The molecule has 0 radical (unpaired) electrons. The maximum atomic E-state index is 13.5. The van der Waals surface area contributed by atoms with Gasteiger partial charge < -0.3 is 9.73 Å². The second-order valence-corrected chi connectivity index (χ2v) is 5.56. The van der Waals surface area contributed by atoms with Crippen LogP contribution in [-0.2, 0) is 0 Å². The van der Waals surface area contributed by atoms with Crippen LogP contribution < -0.4 is 5.32 Å². The predicted molar refractivity (Wildman–Crippen MR) is 78.9 cm³/mol. The number of aryl methyl sites for hydroxylation is 1. The van der Waals surface area contributed by atoms with E-state index in [-0.39, 0.29) is 11.4 Å². The summed E-state index contributed by atoms with van der Waals surface area (Å²) in [4.78, 5) is 16.3. The van der Waals surface area contributed by atoms with Crippen LogP contribution in [0.4, 0.5) is 14.5 Å². The van der Waals surface area contributed by atoms with E-state index in [0.717, 1.165) is 17.1 Å². The molecule has 0 spiro atoms. The Labute approximate surface area is 128 Å². The molecule has 0 aliphatic rings. The molecule has 2 aromatic heterocycles. The summed E-state index contributed by atoms with van der Waals surface area (Å²) in [5, 5.41) is 5.03. The molecule has 3 aromatic rings. The zero-order valence-electron chi connectivity index (χ0n) is 11.4. The van der Waals surface area contributed by atoms with Crippen LogP contribution in [0.15, 0.2) is 40.1 Å². The van der Waals surface area contributed by atoms with Crippen LogP contribution in [0.1, 0.15) is 15.6 Å². The van der Waals surface area contributed by atoms with Gasteiger partial charge in [-0.05, 0) is 31.2 Å². The van der Waals surface area contributed by atoms with Gasteiger partial charge in [-0.2, -0.15) is 0 Å². The molecule has 0 aliphatic heterocycles. The highest BCUT2D eigenvalue weighted by Gasteiger charge is 2.15. The van der Waals surface area contributed by atoms with E-state index in [2.05, 4.69) is 10.3 Å². The summed E-state index contributed by atoms with van der Waals surface area (Å²) in [6.45, 7) is 1.86. The van der Waals surface area contributed by atoms with E-state index in [9.17, 15) is 13.6 Å². The van der Waals surface area contributed by atoms with Gasteiger partial charge in [0.25, 0.3) is 5.91 Å². The van der Waals surface area contributed by atoms with Gasteiger partial charge in [0.15, 0.2) is 11.5 Å². The Kier molecular flexibility index (Phi) is 3.72. The number of thiazole rings is 1. The Morgan fingerprint density at radius 1 is 1.27 bits per heavy atom. The molecule has 0 saturated heterocycles. The third-order valence-electron chi connectivity index (χ3n) is 2.88. The number of rotatable bonds is 3. The van der Waals surface area contributed by atoms with Gasteiger partial charge in [0.2, 0.25) is 0 Å². The Hall–Kier alpha value is -2.54. The van der Waals surface area contributed by atoms with Crippen molar-refractivity contribution >= 4 is 22.9 Å². The predicted octanol–water partition coefficient (Wildman–Crippen LogP) is 4.24. The number of aromatic nitrogens is 1. The molecule has 0 bridgehead atoms. The summed E-state index contributed by atoms with van der Waals surface area (Å²) >= 11 is 1.47. The molecule has 22 heavy (non-hydrogen) atoms.